The molecule has 1 saturated carbocycles. The van der Waals surface area contributed by atoms with Gasteiger partial charge in [0.05, 0.1) is 0 Å². The molecular formula is C15H23N3O. The zero-order chi connectivity index (χ0) is 12.9. The lowest BCUT2D eigenvalue weighted by Crippen LogP contribution is -2.11. The Balaban J connectivity index is 1.50. The zero-order valence-electron chi connectivity index (χ0n) is 11.5. The summed E-state index contributed by atoms with van der Waals surface area (Å²) in [6.45, 7) is 2.80. The molecule has 0 amide bonds. The van der Waals surface area contributed by atoms with Gasteiger partial charge in [-0.3, -0.25) is 0 Å². The molecule has 3 rings (SSSR count). The van der Waals surface area contributed by atoms with Gasteiger partial charge < -0.3 is 10.1 Å². The predicted octanol–water partition coefficient (Wildman–Crippen LogP) is 2.97. The quantitative estimate of drug-likeness (QED) is 0.885. The fourth-order valence-corrected chi connectivity index (χ4v) is 3.11. The monoisotopic (exact) mass is 261 g/mol. The molecule has 2 aliphatic rings. The Labute approximate surface area is 115 Å². The lowest BCUT2D eigenvalue weighted by Gasteiger charge is -2.11. The van der Waals surface area contributed by atoms with E-state index in [1.54, 1.807) is 0 Å². The average Bonchev–Trinajstić information content (AvgIpc) is 3.12. The maximum Gasteiger partial charge on any atom is 0.222 e. The van der Waals surface area contributed by atoms with Crippen LogP contribution in [0.1, 0.15) is 50.1 Å². The third kappa shape index (κ3) is 3.44. The summed E-state index contributed by atoms with van der Waals surface area (Å²) in [6.07, 6.45) is 9.51. The van der Waals surface area contributed by atoms with Crippen molar-refractivity contribution >= 4 is 5.95 Å². The molecule has 1 aliphatic heterocycles. The summed E-state index contributed by atoms with van der Waals surface area (Å²) >= 11 is 0. The maximum atomic E-state index is 5.39. The Hall–Kier alpha value is -1.16. The summed E-state index contributed by atoms with van der Waals surface area (Å²) in [5.74, 6) is 2.17. The van der Waals surface area contributed by atoms with Crippen LogP contribution in [0.5, 0.6) is 0 Å². The van der Waals surface area contributed by atoms with Gasteiger partial charge in [0.25, 0.3) is 0 Å². The second kappa shape index (κ2) is 6.33. The molecule has 4 nitrogen and oxygen atoms in total. The molecule has 1 N–H and O–H groups in total. The summed E-state index contributed by atoms with van der Waals surface area (Å²) < 4.78 is 5.39. The molecule has 1 aliphatic carbocycles. The van der Waals surface area contributed by atoms with E-state index in [9.17, 15) is 0 Å². The second-order valence-corrected chi connectivity index (χ2v) is 5.73. The van der Waals surface area contributed by atoms with Gasteiger partial charge in [-0.25, -0.2) is 9.97 Å². The van der Waals surface area contributed by atoms with Crippen molar-refractivity contribution in [2.24, 2.45) is 5.92 Å². The van der Waals surface area contributed by atoms with E-state index in [1.165, 1.54) is 37.8 Å². The van der Waals surface area contributed by atoms with Crippen LogP contribution in [0, 0.1) is 5.92 Å². The van der Waals surface area contributed by atoms with E-state index in [2.05, 4.69) is 21.4 Å². The van der Waals surface area contributed by atoms with Crippen molar-refractivity contribution in [3.63, 3.8) is 0 Å². The number of rotatable bonds is 5. The standard InChI is InChI=1S/C15H23N3O/c1-2-4-13(3-1)14-6-9-17-15(18-14)16-8-5-12-7-10-19-11-12/h6,9,12-13H,1-5,7-8,10-11H2,(H,16,17,18). The van der Waals surface area contributed by atoms with Gasteiger partial charge in [0, 0.05) is 37.6 Å². The van der Waals surface area contributed by atoms with Crippen LogP contribution in [0.2, 0.25) is 0 Å². The Kier molecular flexibility index (Phi) is 4.28. The van der Waals surface area contributed by atoms with E-state index in [0.29, 0.717) is 11.8 Å². The molecule has 1 aromatic heterocycles. The van der Waals surface area contributed by atoms with Crippen LogP contribution in [0.3, 0.4) is 0 Å². The highest BCUT2D eigenvalue weighted by molar-refractivity contribution is 5.26. The van der Waals surface area contributed by atoms with Crippen molar-refractivity contribution in [1.29, 1.82) is 0 Å². The van der Waals surface area contributed by atoms with Crippen LogP contribution in [-0.2, 0) is 4.74 Å². The summed E-state index contributed by atoms with van der Waals surface area (Å²) in [6, 6.07) is 2.08. The molecule has 104 valence electrons. The zero-order valence-corrected chi connectivity index (χ0v) is 11.5. The number of nitrogens with one attached hydrogen (secondary N) is 1. The van der Waals surface area contributed by atoms with Gasteiger partial charge in [-0.15, -0.1) is 0 Å². The number of anilines is 1. The van der Waals surface area contributed by atoms with E-state index < -0.39 is 0 Å². The van der Waals surface area contributed by atoms with E-state index in [1.807, 2.05) is 6.20 Å². The van der Waals surface area contributed by atoms with Crippen LogP contribution in [0.25, 0.3) is 0 Å². The lowest BCUT2D eigenvalue weighted by atomic mass is 10.0. The molecule has 1 aromatic rings. The van der Waals surface area contributed by atoms with Crippen molar-refractivity contribution in [2.45, 2.75) is 44.4 Å². The minimum absolute atomic E-state index is 0.659. The maximum absolute atomic E-state index is 5.39. The van der Waals surface area contributed by atoms with E-state index in [-0.39, 0.29) is 0 Å². The van der Waals surface area contributed by atoms with Gasteiger partial charge in [-0.2, -0.15) is 0 Å². The van der Waals surface area contributed by atoms with Gasteiger partial charge >= 0.3 is 0 Å². The number of aromatic nitrogens is 2. The Morgan fingerprint density at radius 3 is 2.95 bits per heavy atom. The highest BCUT2D eigenvalue weighted by Crippen LogP contribution is 2.32. The number of hydrogen-bond donors (Lipinski definition) is 1. The SMILES string of the molecule is c1cc(C2CCCC2)nc(NCCC2CCOC2)n1. The predicted molar refractivity (Wildman–Crippen MR) is 75.3 cm³/mol. The molecule has 2 fully saturated rings. The van der Waals surface area contributed by atoms with Gasteiger partial charge in [-0.05, 0) is 37.7 Å². The molecule has 1 saturated heterocycles. The minimum atomic E-state index is 0.659. The van der Waals surface area contributed by atoms with E-state index in [0.717, 1.165) is 32.1 Å². The Morgan fingerprint density at radius 2 is 2.16 bits per heavy atom. The largest absolute Gasteiger partial charge is 0.381 e. The topological polar surface area (TPSA) is 47.0 Å². The van der Waals surface area contributed by atoms with Gasteiger partial charge in [0.15, 0.2) is 0 Å². The molecule has 1 unspecified atom stereocenters. The third-order valence-electron chi connectivity index (χ3n) is 4.31. The number of nitrogens with zero attached hydrogens (tertiary/aromatic N) is 2. The van der Waals surface area contributed by atoms with Crippen LogP contribution < -0.4 is 5.32 Å². The van der Waals surface area contributed by atoms with Crippen molar-refractivity contribution in [1.82, 2.24) is 9.97 Å². The van der Waals surface area contributed by atoms with Crippen LogP contribution in [-0.4, -0.2) is 29.7 Å². The van der Waals surface area contributed by atoms with Crippen molar-refractivity contribution in [3.05, 3.63) is 18.0 Å². The normalized spacial score (nSPS) is 23.9. The van der Waals surface area contributed by atoms with Crippen molar-refractivity contribution in [2.75, 3.05) is 25.1 Å². The minimum Gasteiger partial charge on any atom is -0.381 e. The molecular weight excluding hydrogens is 238 g/mol. The summed E-state index contributed by atoms with van der Waals surface area (Å²) in [7, 11) is 0. The van der Waals surface area contributed by atoms with Gasteiger partial charge in [0.2, 0.25) is 5.95 Å². The first-order valence-electron chi connectivity index (χ1n) is 7.56. The molecule has 1 atom stereocenters. The van der Waals surface area contributed by atoms with Gasteiger partial charge in [-0.1, -0.05) is 12.8 Å². The third-order valence-corrected chi connectivity index (χ3v) is 4.31. The number of hydrogen-bond acceptors (Lipinski definition) is 4. The molecule has 0 bridgehead atoms. The highest BCUT2D eigenvalue weighted by Gasteiger charge is 2.19. The second-order valence-electron chi connectivity index (χ2n) is 5.73. The first-order chi connectivity index (χ1) is 9.42. The molecule has 19 heavy (non-hydrogen) atoms. The summed E-state index contributed by atoms with van der Waals surface area (Å²) in [5.41, 5.74) is 1.22. The van der Waals surface area contributed by atoms with E-state index in [4.69, 9.17) is 4.74 Å². The van der Waals surface area contributed by atoms with E-state index >= 15 is 0 Å². The smallest absolute Gasteiger partial charge is 0.222 e. The average molecular weight is 261 g/mol. The Bertz CT molecular complexity index is 398. The van der Waals surface area contributed by atoms with Crippen LogP contribution >= 0.6 is 0 Å². The van der Waals surface area contributed by atoms with Crippen molar-refractivity contribution in [3.8, 4) is 0 Å². The fourth-order valence-electron chi connectivity index (χ4n) is 3.11. The molecule has 0 radical (unpaired) electrons. The van der Waals surface area contributed by atoms with Crippen LogP contribution in [0.15, 0.2) is 12.3 Å². The molecule has 0 spiro atoms. The van der Waals surface area contributed by atoms with Crippen molar-refractivity contribution < 1.29 is 4.74 Å². The fraction of sp³-hybridized carbons (Fsp3) is 0.733. The molecule has 4 heteroatoms. The summed E-state index contributed by atoms with van der Waals surface area (Å²) in [5, 5.41) is 3.36. The molecule has 0 aromatic carbocycles. The lowest BCUT2D eigenvalue weighted by molar-refractivity contribution is 0.185. The highest BCUT2D eigenvalue weighted by atomic mass is 16.5. The van der Waals surface area contributed by atoms with Gasteiger partial charge in [0.1, 0.15) is 0 Å². The first kappa shape index (κ1) is 12.9. The Morgan fingerprint density at radius 1 is 1.26 bits per heavy atom. The first-order valence-corrected chi connectivity index (χ1v) is 7.56. The summed E-state index contributed by atoms with van der Waals surface area (Å²) in [4.78, 5) is 8.99. The molecule has 2 heterocycles. The number of ether oxygens (including phenoxy) is 1. The van der Waals surface area contributed by atoms with Crippen LogP contribution in [0.4, 0.5) is 5.95 Å².